The Labute approximate surface area is 846 Å². The molecule has 5 aromatic rings. The highest BCUT2D eigenvalue weighted by Gasteiger charge is 2.73. The number of hydrogen-bond acceptors (Lipinski definition) is 22. The number of nitrogens with one attached hydrogen (secondary N) is 10. The van der Waals surface area contributed by atoms with Crippen molar-refractivity contribution in [2.75, 3.05) is 66.1 Å². The van der Waals surface area contributed by atoms with E-state index in [2.05, 4.69) is 79.2 Å². The van der Waals surface area contributed by atoms with Crippen LogP contribution in [0.2, 0.25) is 25.1 Å². The largest absolute Gasteiger partial charge is 0.484 e. The zero-order chi connectivity index (χ0) is 102. The Hall–Kier alpha value is -10.4. The van der Waals surface area contributed by atoms with Crippen LogP contribution in [-0.2, 0) is 71.6 Å². The number of nitrogens with zero attached hydrogens (tertiary/aromatic N) is 2. The molecule has 10 N–H and O–H groups in total. The van der Waals surface area contributed by atoms with E-state index in [1.54, 1.807) is 48.5 Å². The Kier molecular flexibility index (Phi) is 31.4. The molecule has 0 atom stereocenters. The molecule has 0 unspecified atom stereocenters. The third-order valence-corrected chi connectivity index (χ3v) is 30.7. The van der Waals surface area contributed by atoms with Crippen molar-refractivity contribution in [2.45, 2.75) is 273 Å². The lowest BCUT2D eigenvalue weighted by Gasteiger charge is -2.70. The Morgan fingerprint density at radius 3 is 0.734 bits per heavy atom. The minimum absolute atomic E-state index is 0.00169. The van der Waals surface area contributed by atoms with Gasteiger partial charge in [0.15, 0.2) is 33.0 Å². The van der Waals surface area contributed by atoms with Crippen LogP contribution in [0, 0.1) is 63.3 Å². The predicted molar refractivity (Wildman–Crippen MR) is 504 cm³/mol. The maximum absolute atomic E-state index is 13.4. The molecule has 10 bridgehead atoms. The summed E-state index contributed by atoms with van der Waals surface area (Å²) in [5.74, 6) is -3.25. The molecule has 0 aliphatic heterocycles. The van der Waals surface area contributed by atoms with Crippen molar-refractivity contribution >= 4 is 117 Å². The van der Waals surface area contributed by atoms with E-state index in [1.807, 2.05) is 0 Å². The van der Waals surface area contributed by atoms with Gasteiger partial charge in [-0.15, -0.1) is 0 Å². The van der Waals surface area contributed by atoms with E-state index in [-0.39, 0.29) is 251 Å². The molecule has 0 heterocycles. The van der Waals surface area contributed by atoms with E-state index in [1.165, 1.54) is 42.8 Å². The molecule has 5 aromatic carbocycles. The number of halogens is 11. The first-order chi connectivity index (χ1) is 67.7. The Morgan fingerprint density at radius 2 is 0.524 bits per heavy atom. The standard InChI is InChI=1S/C21H27ClN2O4.C20H21ClF4N2O4.C20H21ClFN3O4.C20H22ClN3O4.C19H22ClFN2O4/c1-19(2)7-16(8-19)28-10-18(26)24-21-11-20(12-21,13-21)23-17(25)9-27-15-5-3-14(22)4-6-15;21-14-2-1-12(5-15(14)22)30-6-16(28)26-18-8-19(9-18,10-18)27-17(29)7-31-13-3-11(4-13)20(23,24)25;21-15-2-1-13(5-16(15)22)28-7-17(26)24-19-9-20(10-19,11-19)25-18(27)8-29-14-3-12(4-14)6-23;21-14-1-3-15(4-2-14)27-8-17(25)23-19-10-20(11-19,12-19)24-18(26)9-28-16-5-13(6-16)7-22;20-14-5-4-13(6-15(14)21)27-8-17(25)23-19-9-18(10-19,11-19)22-16(24)7-26-12-2-1-3-12/h3-6,16H,7-13H2,1-2H3,(H,23,25)(H,24,26);1-2,5,11,13H,3-4,6-10H2,(H,26,28)(H,27,29);1-2,5,12,14H,3-4,7-11H2,(H,24,26)(H,25,27);1-4,13,16H,5-6,8-12H2,(H,23,25)(H,24,26);4-6,12H,1-3,7-11H2,(H,22,24)(H,23,25). The summed E-state index contributed by atoms with van der Waals surface area (Å²) in [6, 6.07) is 30.0. The Balaban J connectivity index is 0.000000128. The van der Waals surface area contributed by atoms with Gasteiger partial charge >= 0.3 is 6.18 Å². The van der Waals surface area contributed by atoms with Crippen molar-refractivity contribution in [2.24, 2.45) is 23.2 Å². The topological polar surface area (TPSA) is 431 Å². The summed E-state index contributed by atoms with van der Waals surface area (Å²) in [6.07, 6.45) is 14.0. The number of rotatable bonds is 40. The van der Waals surface area contributed by atoms with E-state index in [4.69, 9.17) is 116 Å². The first-order valence-electron chi connectivity index (χ1n) is 47.8. The normalized spacial score (nSPS) is 30.5. The van der Waals surface area contributed by atoms with E-state index in [9.17, 15) is 74.3 Å². The van der Waals surface area contributed by atoms with Gasteiger partial charge in [-0.1, -0.05) is 71.9 Å². The van der Waals surface area contributed by atoms with Gasteiger partial charge < -0.3 is 101 Å². The van der Waals surface area contributed by atoms with Crippen molar-refractivity contribution in [3.63, 3.8) is 0 Å². The number of hydrogen-bond donors (Lipinski definition) is 10. The Morgan fingerprint density at radius 1 is 0.315 bits per heavy atom. The van der Waals surface area contributed by atoms with Crippen LogP contribution in [0.25, 0.3) is 0 Å². The molecule has 20 aliphatic carbocycles. The molecule has 0 aromatic heterocycles. The number of alkyl halides is 3. The summed E-state index contributed by atoms with van der Waals surface area (Å²) in [6.45, 7) is 3.61. The number of amides is 10. The van der Waals surface area contributed by atoms with Gasteiger partial charge in [-0.3, -0.25) is 47.9 Å². The SMILES string of the molecule is CC1(C)CC(OCC(=O)NC23CC(NC(=O)COc4ccc(Cl)cc4)(C2)C3)C1.N#CC1CC(OCC(=O)NC23CC(NC(=O)COc4ccc(Cl)c(F)c4)(C2)C3)C1.N#CC1CC(OCC(=O)NC23CC(NC(=O)COc4ccc(Cl)cc4)(C2)C3)C1.O=C(COc1ccc(Cl)c(F)c1)NC12CC(NC(=O)COC3CC(C(F)(F)F)C3)(C1)C2.O=C(COc1ccc(Cl)c(F)c1)NC12CC(NC(=O)COC3CCC3)(C1)C2. The Bertz CT molecular complexity index is 5610. The van der Waals surface area contributed by atoms with Crippen molar-refractivity contribution in [1.82, 2.24) is 53.2 Å². The van der Waals surface area contributed by atoms with Gasteiger partial charge in [0.1, 0.15) is 79.2 Å². The van der Waals surface area contributed by atoms with Crippen LogP contribution in [0.15, 0.2) is 103 Å². The first kappa shape index (κ1) is 105. The van der Waals surface area contributed by atoms with Gasteiger partial charge in [0.25, 0.3) is 29.5 Å². The molecular weight excluding hydrogens is 1980 g/mol. The highest BCUT2D eigenvalue weighted by Crippen LogP contribution is 2.64. The van der Waals surface area contributed by atoms with E-state index < -0.39 is 46.7 Å². The summed E-state index contributed by atoms with van der Waals surface area (Å²) in [4.78, 5) is 121. The molecular formula is C100H113Cl5F6N12O20. The number of benzene rings is 5. The number of carbonyl (C=O) groups is 10. The molecule has 143 heavy (non-hydrogen) atoms. The molecule has 0 spiro atoms. The zero-order valence-corrected chi connectivity index (χ0v) is 82.4. The molecule has 20 saturated carbocycles. The minimum atomic E-state index is -4.21. The fourth-order valence-electron chi connectivity index (χ4n) is 22.5. The van der Waals surface area contributed by atoms with Gasteiger partial charge in [0, 0.05) is 83.6 Å². The number of nitriles is 2. The van der Waals surface area contributed by atoms with Crippen LogP contribution in [0.3, 0.4) is 0 Å². The molecule has 10 amide bonds. The predicted octanol–water partition coefficient (Wildman–Crippen LogP) is 12.3. The molecule has 0 radical (unpaired) electrons. The van der Waals surface area contributed by atoms with Crippen LogP contribution in [0.1, 0.15) is 181 Å². The summed E-state index contributed by atoms with van der Waals surface area (Å²) >= 11 is 28.4. The maximum Gasteiger partial charge on any atom is 0.392 e. The molecule has 770 valence electrons. The average molecular weight is 2090 g/mol. The first-order valence-corrected chi connectivity index (χ1v) is 49.6. The van der Waals surface area contributed by atoms with Gasteiger partial charge in [0.2, 0.25) is 29.5 Å². The van der Waals surface area contributed by atoms with Gasteiger partial charge in [0.05, 0.1) is 75.5 Å². The van der Waals surface area contributed by atoms with Gasteiger partial charge in [-0.25, -0.2) is 13.2 Å². The van der Waals surface area contributed by atoms with E-state index in [0.29, 0.717) is 91.2 Å². The maximum atomic E-state index is 13.4. The highest BCUT2D eigenvalue weighted by atomic mass is 35.5. The second-order valence-electron chi connectivity index (χ2n) is 42.5. The van der Waals surface area contributed by atoms with Gasteiger partial charge in [-0.2, -0.15) is 23.7 Å². The monoisotopic (exact) mass is 2090 g/mol. The molecule has 20 fully saturated rings. The van der Waals surface area contributed by atoms with Crippen molar-refractivity contribution in [3.8, 4) is 40.9 Å². The molecule has 25 rings (SSSR count). The molecule has 0 saturated heterocycles. The lowest BCUT2D eigenvalue weighted by molar-refractivity contribution is -0.220. The van der Waals surface area contributed by atoms with Crippen LogP contribution >= 0.6 is 58.0 Å². The summed E-state index contributed by atoms with van der Waals surface area (Å²) in [5, 5.41) is 48.5. The quantitative estimate of drug-likeness (QED) is 0.0163. The summed E-state index contributed by atoms with van der Waals surface area (Å²) < 4.78 is 132. The van der Waals surface area contributed by atoms with Crippen molar-refractivity contribution in [1.29, 1.82) is 10.5 Å². The van der Waals surface area contributed by atoms with Gasteiger partial charge in [-0.05, 0) is 257 Å². The molecule has 43 heteroatoms. The fourth-order valence-corrected chi connectivity index (χ4v) is 23.1. The third kappa shape index (κ3) is 26.5. The lowest BCUT2D eigenvalue weighted by Crippen LogP contribution is -2.84. The fraction of sp³-hybridized carbons (Fsp3) is 0.580. The smallest absolute Gasteiger partial charge is 0.392 e. The van der Waals surface area contributed by atoms with E-state index in [0.717, 1.165) is 102 Å². The van der Waals surface area contributed by atoms with Crippen LogP contribution in [0.5, 0.6) is 28.7 Å². The number of ether oxygens (including phenoxy) is 10. The number of carbonyl (C=O) groups excluding carboxylic acids is 10. The highest BCUT2D eigenvalue weighted by molar-refractivity contribution is 6.32. The lowest BCUT2D eigenvalue weighted by atomic mass is 9.44. The minimum Gasteiger partial charge on any atom is -0.484 e. The zero-order valence-electron chi connectivity index (χ0n) is 78.6. The van der Waals surface area contributed by atoms with Crippen LogP contribution < -0.4 is 76.9 Å². The molecule has 32 nitrogen and oxygen atoms in total. The van der Waals surface area contributed by atoms with Crippen molar-refractivity contribution in [3.05, 3.63) is 146 Å². The van der Waals surface area contributed by atoms with Crippen LogP contribution in [0.4, 0.5) is 26.3 Å². The third-order valence-electron chi connectivity index (χ3n) is 29.3. The second kappa shape index (κ2) is 42.6. The second-order valence-corrected chi connectivity index (χ2v) is 44.6. The van der Waals surface area contributed by atoms with Crippen molar-refractivity contribution < 1.29 is 122 Å². The summed E-state index contributed by atoms with van der Waals surface area (Å²) in [5.41, 5.74) is -2.25. The van der Waals surface area contributed by atoms with E-state index >= 15 is 0 Å². The molecule has 20 aliphatic rings. The average Bonchev–Trinajstić information content (AvgIpc) is 0.699. The summed E-state index contributed by atoms with van der Waals surface area (Å²) in [7, 11) is 0. The van der Waals surface area contributed by atoms with Crippen LogP contribution in [-0.4, -0.2) is 217 Å².